The van der Waals surface area contributed by atoms with Gasteiger partial charge in [0.1, 0.15) is 0 Å². The number of likely N-dealkylation sites (tertiary alicyclic amines) is 1. The average Bonchev–Trinajstić information content (AvgIpc) is 3.17. The largest absolute Gasteiger partial charge is 0.345 e. The molecular weight excluding hydrogens is 300 g/mol. The number of benzene rings is 2. The molecule has 4 heteroatoms. The van der Waals surface area contributed by atoms with Gasteiger partial charge in [-0.25, -0.2) is 0 Å². The molecule has 1 unspecified atom stereocenters. The Hall–Kier alpha value is -2.62. The fourth-order valence-electron chi connectivity index (χ4n) is 3.04. The minimum Gasteiger partial charge on any atom is -0.345 e. The van der Waals surface area contributed by atoms with E-state index in [-0.39, 0.29) is 17.9 Å². The third kappa shape index (κ3) is 4.02. The summed E-state index contributed by atoms with van der Waals surface area (Å²) in [5.41, 5.74) is 1.56. The number of hydrogen-bond acceptors (Lipinski definition) is 2. The Bertz CT molecular complexity index is 679. The van der Waals surface area contributed by atoms with Crippen LogP contribution < -0.4 is 5.32 Å². The summed E-state index contributed by atoms with van der Waals surface area (Å²) in [5.74, 6) is -0.0478. The van der Waals surface area contributed by atoms with Gasteiger partial charge in [-0.2, -0.15) is 0 Å². The summed E-state index contributed by atoms with van der Waals surface area (Å²) < 4.78 is 0. The van der Waals surface area contributed by atoms with E-state index in [1.165, 1.54) is 0 Å². The van der Waals surface area contributed by atoms with Crippen LogP contribution in [0.5, 0.6) is 0 Å². The predicted octanol–water partition coefficient (Wildman–Crippen LogP) is 3.17. The normalized spacial score (nSPS) is 15.1. The molecule has 124 valence electrons. The first-order valence-electron chi connectivity index (χ1n) is 8.42. The van der Waals surface area contributed by atoms with Crippen LogP contribution in [0.1, 0.15) is 41.2 Å². The molecule has 0 aliphatic carbocycles. The highest BCUT2D eigenvalue weighted by molar-refractivity contribution is 5.94. The number of amides is 2. The molecule has 3 rings (SSSR count). The van der Waals surface area contributed by atoms with E-state index in [1.54, 1.807) is 12.1 Å². The van der Waals surface area contributed by atoms with Crippen LogP contribution in [-0.2, 0) is 4.79 Å². The average molecular weight is 322 g/mol. The standard InChI is InChI=1S/C20H22N2O2/c23-19(22-13-7-8-14-22)15-18(16-9-3-1-4-10-16)21-20(24)17-11-5-2-6-12-17/h1-6,9-12,18H,7-8,13-15H2,(H,21,24). The van der Waals surface area contributed by atoms with E-state index >= 15 is 0 Å². The Balaban J connectivity index is 1.75. The van der Waals surface area contributed by atoms with Crippen LogP contribution in [0.4, 0.5) is 0 Å². The van der Waals surface area contributed by atoms with Gasteiger partial charge < -0.3 is 10.2 Å². The van der Waals surface area contributed by atoms with Crippen molar-refractivity contribution >= 4 is 11.8 Å². The second-order valence-electron chi connectivity index (χ2n) is 6.09. The van der Waals surface area contributed by atoms with Crippen LogP contribution in [0.2, 0.25) is 0 Å². The molecule has 0 saturated carbocycles. The van der Waals surface area contributed by atoms with Gasteiger partial charge in [-0.3, -0.25) is 9.59 Å². The maximum absolute atomic E-state index is 12.5. The molecule has 2 amide bonds. The highest BCUT2D eigenvalue weighted by Gasteiger charge is 2.24. The van der Waals surface area contributed by atoms with Gasteiger partial charge in [-0.15, -0.1) is 0 Å². The lowest BCUT2D eigenvalue weighted by molar-refractivity contribution is -0.130. The van der Waals surface area contributed by atoms with E-state index in [4.69, 9.17) is 0 Å². The van der Waals surface area contributed by atoms with Crippen molar-refractivity contribution < 1.29 is 9.59 Å². The van der Waals surface area contributed by atoms with Crippen LogP contribution in [0.3, 0.4) is 0 Å². The van der Waals surface area contributed by atoms with E-state index in [1.807, 2.05) is 53.4 Å². The van der Waals surface area contributed by atoms with E-state index in [0.29, 0.717) is 12.0 Å². The number of nitrogens with one attached hydrogen (secondary N) is 1. The van der Waals surface area contributed by atoms with Crippen LogP contribution >= 0.6 is 0 Å². The number of hydrogen-bond donors (Lipinski definition) is 1. The first-order chi connectivity index (χ1) is 11.7. The van der Waals surface area contributed by atoms with Gasteiger partial charge in [0, 0.05) is 18.7 Å². The summed E-state index contributed by atoms with van der Waals surface area (Å²) in [4.78, 5) is 26.9. The quantitative estimate of drug-likeness (QED) is 0.919. The summed E-state index contributed by atoms with van der Waals surface area (Å²) >= 11 is 0. The first-order valence-corrected chi connectivity index (χ1v) is 8.42. The molecule has 2 aromatic rings. The van der Waals surface area contributed by atoms with E-state index in [2.05, 4.69) is 5.32 Å². The Morgan fingerprint density at radius 2 is 1.50 bits per heavy atom. The molecule has 0 spiro atoms. The lowest BCUT2D eigenvalue weighted by Crippen LogP contribution is -2.35. The van der Waals surface area contributed by atoms with Crippen molar-refractivity contribution in [2.24, 2.45) is 0 Å². The van der Waals surface area contributed by atoms with E-state index in [9.17, 15) is 9.59 Å². The Morgan fingerprint density at radius 3 is 2.12 bits per heavy atom. The molecular formula is C20H22N2O2. The van der Waals surface area contributed by atoms with Crippen LogP contribution in [-0.4, -0.2) is 29.8 Å². The van der Waals surface area contributed by atoms with Gasteiger partial charge >= 0.3 is 0 Å². The van der Waals surface area contributed by atoms with E-state index in [0.717, 1.165) is 31.5 Å². The second kappa shape index (κ2) is 7.77. The van der Waals surface area contributed by atoms with Crippen molar-refractivity contribution in [1.29, 1.82) is 0 Å². The van der Waals surface area contributed by atoms with Gasteiger partial charge in [0.25, 0.3) is 5.91 Å². The van der Waals surface area contributed by atoms with Crippen molar-refractivity contribution in [1.82, 2.24) is 10.2 Å². The zero-order valence-electron chi connectivity index (χ0n) is 13.7. The summed E-state index contributed by atoms with van der Waals surface area (Å²) in [6.07, 6.45) is 2.43. The van der Waals surface area contributed by atoms with Crippen LogP contribution in [0, 0.1) is 0 Å². The van der Waals surface area contributed by atoms with Crippen molar-refractivity contribution in [2.75, 3.05) is 13.1 Å². The van der Waals surface area contributed by atoms with Gasteiger partial charge in [-0.05, 0) is 30.5 Å². The lowest BCUT2D eigenvalue weighted by atomic mass is 10.0. The minimum atomic E-state index is -0.313. The van der Waals surface area contributed by atoms with Crippen molar-refractivity contribution in [2.45, 2.75) is 25.3 Å². The van der Waals surface area contributed by atoms with Crippen LogP contribution in [0.25, 0.3) is 0 Å². The topological polar surface area (TPSA) is 49.4 Å². The summed E-state index contributed by atoms with van der Waals surface area (Å²) in [6.45, 7) is 1.65. The summed E-state index contributed by atoms with van der Waals surface area (Å²) in [6, 6.07) is 18.5. The number of nitrogens with zero attached hydrogens (tertiary/aromatic N) is 1. The molecule has 0 bridgehead atoms. The van der Waals surface area contributed by atoms with Crippen molar-refractivity contribution in [3.63, 3.8) is 0 Å². The van der Waals surface area contributed by atoms with E-state index < -0.39 is 0 Å². The second-order valence-corrected chi connectivity index (χ2v) is 6.09. The highest BCUT2D eigenvalue weighted by atomic mass is 16.2. The monoisotopic (exact) mass is 322 g/mol. The molecule has 1 saturated heterocycles. The first kappa shape index (κ1) is 16.2. The summed E-state index contributed by atoms with van der Waals surface area (Å²) in [7, 11) is 0. The molecule has 1 N–H and O–H groups in total. The maximum atomic E-state index is 12.5. The molecule has 1 atom stereocenters. The molecule has 1 aliphatic rings. The third-order valence-electron chi connectivity index (χ3n) is 4.38. The Labute approximate surface area is 142 Å². The Kier molecular flexibility index (Phi) is 5.26. The highest BCUT2D eigenvalue weighted by Crippen LogP contribution is 2.20. The summed E-state index contributed by atoms with van der Waals surface area (Å²) in [5, 5.41) is 3.02. The lowest BCUT2D eigenvalue weighted by Gasteiger charge is -2.22. The minimum absolute atomic E-state index is 0.106. The Morgan fingerprint density at radius 1 is 0.917 bits per heavy atom. The molecule has 4 nitrogen and oxygen atoms in total. The number of carbonyl (C=O) groups is 2. The van der Waals surface area contributed by atoms with Gasteiger partial charge in [0.05, 0.1) is 12.5 Å². The number of rotatable bonds is 5. The molecule has 1 fully saturated rings. The number of carbonyl (C=O) groups excluding carboxylic acids is 2. The fraction of sp³-hybridized carbons (Fsp3) is 0.300. The van der Waals surface area contributed by atoms with Crippen LogP contribution in [0.15, 0.2) is 60.7 Å². The maximum Gasteiger partial charge on any atom is 0.251 e. The molecule has 0 radical (unpaired) electrons. The fourth-order valence-corrected chi connectivity index (χ4v) is 3.04. The zero-order chi connectivity index (χ0) is 16.8. The molecule has 24 heavy (non-hydrogen) atoms. The predicted molar refractivity (Wildman–Crippen MR) is 93.5 cm³/mol. The molecule has 2 aromatic carbocycles. The van der Waals surface area contributed by atoms with Crippen molar-refractivity contribution in [3.8, 4) is 0 Å². The van der Waals surface area contributed by atoms with Gasteiger partial charge in [0.15, 0.2) is 0 Å². The van der Waals surface area contributed by atoms with Gasteiger partial charge in [-0.1, -0.05) is 48.5 Å². The van der Waals surface area contributed by atoms with Crippen molar-refractivity contribution in [3.05, 3.63) is 71.8 Å². The van der Waals surface area contributed by atoms with Gasteiger partial charge in [0.2, 0.25) is 5.91 Å². The third-order valence-corrected chi connectivity index (χ3v) is 4.38. The molecule has 1 heterocycles. The zero-order valence-corrected chi connectivity index (χ0v) is 13.7. The molecule has 1 aliphatic heterocycles. The SMILES string of the molecule is O=C(NC(CC(=O)N1CCCC1)c1ccccc1)c1ccccc1. The smallest absolute Gasteiger partial charge is 0.251 e. The molecule has 0 aromatic heterocycles.